The van der Waals surface area contributed by atoms with E-state index >= 15 is 0 Å². The molecule has 2 aromatic rings. The molecule has 1 aromatic heterocycles. The third-order valence-corrected chi connectivity index (χ3v) is 3.38. The van der Waals surface area contributed by atoms with Crippen molar-refractivity contribution in [3.8, 4) is 5.75 Å². The molecule has 0 saturated heterocycles. The number of carbonyl (C=O) groups excluding carboxylic acids is 2. The normalized spacial score (nSPS) is 13.2. The fourth-order valence-corrected chi connectivity index (χ4v) is 2.25. The lowest BCUT2D eigenvalue weighted by atomic mass is 10.0. The van der Waals surface area contributed by atoms with Gasteiger partial charge in [-0.1, -0.05) is 0 Å². The van der Waals surface area contributed by atoms with Crippen molar-refractivity contribution in [2.45, 2.75) is 19.4 Å². The number of hydrogen-bond acceptors (Lipinski definition) is 4. The fourth-order valence-electron chi connectivity index (χ4n) is 2.25. The number of aryl methyl sites for hydroxylation is 1. The Morgan fingerprint density at radius 3 is 3.05 bits per heavy atom. The van der Waals surface area contributed by atoms with Gasteiger partial charge in [0.2, 0.25) is 5.91 Å². The molecule has 0 aliphatic carbocycles. The molecule has 6 nitrogen and oxygen atoms in total. The molecule has 2 amide bonds. The van der Waals surface area contributed by atoms with Crippen LogP contribution in [-0.2, 0) is 22.6 Å². The van der Waals surface area contributed by atoms with Crippen molar-refractivity contribution < 1.29 is 18.7 Å². The average molecular weight is 300 g/mol. The predicted octanol–water partition coefficient (Wildman–Crippen LogP) is 1.86. The van der Waals surface area contributed by atoms with E-state index in [0.717, 1.165) is 11.3 Å². The zero-order chi connectivity index (χ0) is 15.4. The van der Waals surface area contributed by atoms with E-state index in [1.165, 1.54) is 0 Å². The lowest BCUT2D eigenvalue weighted by Crippen LogP contribution is -2.28. The van der Waals surface area contributed by atoms with Gasteiger partial charge in [-0.15, -0.1) is 0 Å². The molecule has 114 valence electrons. The monoisotopic (exact) mass is 300 g/mol. The second-order valence-electron chi connectivity index (χ2n) is 5.01. The van der Waals surface area contributed by atoms with Crippen molar-refractivity contribution in [3.05, 3.63) is 47.9 Å². The Labute approximate surface area is 127 Å². The highest BCUT2D eigenvalue weighted by Crippen LogP contribution is 2.26. The first-order valence-corrected chi connectivity index (χ1v) is 7.05. The van der Waals surface area contributed by atoms with E-state index in [0.29, 0.717) is 30.9 Å². The number of furan rings is 1. The molecule has 1 aliphatic heterocycles. The number of hydrogen-bond donors (Lipinski definition) is 2. The van der Waals surface area contributed by atoms with Crippen molar-refractivity contribution in [2.24, 2.45) is 0 Å². The number of anilines is 1. The highest BCUT2D eigenvalue weighted by Gasteiger charge is 2.15. The van der Waals surface area contributed by atoms with E-state index in [9.17, 15) is 9.59 Å². The molecule has 0 atom stereocenters. The molecule has 0 saturated carbocycles. The topological polar surface area (TPSA) is 80.6 Å². The van der Waals surface area contributed by atoms with Crippen LogP contribution in [-0.4, -0.2) is 18.4 Å². The molecule has 2 N–H and O–H groups in total. The fraction of sp³-hybridized carbons (Fsp3) is 0.250. The zero-order valence-electron chi connectivity index (χ0n) is 11.9. The standard InChI is InChI=1S/C16H16N2O4/c19-15-6-3-11-8-12(4-5-14(11)18-15)22-10-16(20)17-9-13-2-1-7-21-13/h1-2,4-5,7-8H,3,6,9-10H2,(H,17,20)(H,18,19). The van der Waals surface area contributed by atoms with Crippen LogP contribution in [0.2, 0.25) is 0 Å². The Balaban J connectivity index is 1.51. The molecule has 2 heterocycles. The Morgan fingerprint density at radius 2 is 2.23 bits per heavy atom. The van der Waals surface area contributed by atoms with E-state index in [-0.39, 0.29) is 18.4 Å². The first kappa shape index (κ1) is 14.2. The SMILES string of the molecule is O=C(COc1ccc2c(c1)CCC(=O)N2)NCc1ccco1. The summed E-state index contributed by atoms with van der Waals surface area (Å²) < 4.78 is 10.6. The third kappa shape index (κ3) is 3.46. The van der Waals surface area contributed by atoms with E-state index in [1.807, 2.05) is 6.07 Å². The highest BCUT2D eigenvalue weighted by molar-refractivity contribution is 5.94. The van der Waals surface area contributed by atoms with Crippen LogP contribution in [0.1, 0.15) is 17.7 Å². The largest absolute Gasteiger partial charge is 0.484 e. The van der Waals surface area contributed by atoms with Crippen molar-refractivity contribution in [2.75, 3.05) is 11.9 Å². The molecule has 0 unspecified atom stereocenters. The van der Waals surface area contributed by atoms with Crippen LogP contribution in [0.15, 0.2) is 41.0 Å². The number of ether oxygens (including phenoxy) is 1. The molecular weight excluding hydrogens is 284 g/mol. The predicted molar refractivity (Wildman–Crippen MR) is 79.4 cm³/mol. The van der Waals surface area contributed by atoms with E-state index in [1.54, 1.807) is 30.5 Å². The van der Waals surface area contributed by atoms with E-state index in [4.69, 9.17) is 9.15 Å². The van der Waals surface area contributed by atoms with Gasteiger partial charge >= 0.3 is 0 Å². The number of nitrogens with one attached hydrogen (secondary N) is 2. The van der Waals surface area contributed by atoms with Crippen molar-refractivity contribution >= 4 is 17.5 Å². The second kappa shape index (κ2) is 6.34. The molecule has 0 spiro atoms. The Hall–Kier alpha value is -2.76. The van der Waals surface area contributed by atoms with Gasteiger partial charge in [0.15, 0.2) is 6.61 Å². The van der Waals surface area contributed by atoms with Crippen molar-refractivity contribution in [1.82, 2.24) is 5.32 Å². The van der Waals surface area contributed by atoms with Crippen molar-refractivity contribution in [1.29, 1.82) is 0 Å². The Bertz CT molecular complexity index is 679. The van der Waals surface area contributed by atoms with Gasteiger partial charge < -0.3 is 19.8 Å². The minimum atomic E-state index is -0.220. The first-order valence-electron chi connectivity index (χ1n) is 7.05. The van der Waals surface area contributed by atoms with E-state index in [2.05, 4.69) is 10.6 Å². The summed E-state index contributed by atoms with van der Waals surface area (Å²) in [6.07, 6.45) is 2.72. The van der Waals surface area contributed by atoms with Gasteiger partial charge in [0.05, 0.1) is 12.8 Å². The summed E-state index contributed by atoms with van der Waals surface area (Å²) in [6, 6.07) is 8.95. The summed E-state index contributed by atoms with van der Waals surface area (Å²) >= 11 is 0. The van der Waals surface area contributed by atoms with E-state index < -0.39 is 0 Å². The van der Waals surface area contributed by atoms with Gasteiger partial charge in [-0.3, -0.25) is 9.59 Å². The van der Waals surface area contributed by atoms with Crippen LogP contribution < -0.4 is 15.4 Å². The molecule has 22 heavy (non-hydrogen) atoms. The molecule has 1 aliphatic rings. The van der Waals surface area contributed by atoms with Gasteiger partial charge in [0.1, 0.15) is 11.5 Å². The van der Waals surface area contributed by atoms with Crippen molar-refractivity contribution in [3.63, 3.8) is 0 Å². The van der Waals surface area contributed by atoms with Gasteiger partial charge in [-0.2, -0.15) is 0 Å². The summed E-state index contributed by atoms with van der Waals surface area (Å²) in [5.74, 6) is 1.11. The number of carbonyl (C=O) groups is 2. The zero-order valence-corrected chi connectivity index (χ0v) is 11.9. The molecular formula is C16H16N2O4. The Kier molecular flexibility index (Phi) is 4.09. The molecule has 0 radical (unpaired) electrons. The number of amides is 2. The average Bonchev–Trinajstić information content (AvgIpc) is 3.04. The lowest BCUT2D eigenvalue weighted by molar-refractivity contribution is -0.123. The van der Waals surface area contributed by atoms with Crippen LogP contribution in [0, 0.1) is 0 Å². The number of benzene rings is 1. The summed E-state index contributed by atoms with van der Waals surface area (Å²) in [7, 11) is 0. The molecule has 3 rings (SSSR count). The summed E-state index contributed by atoms with van der Waals surface area (Å²) in [5, 5.41) is 5.51. The first-order chi connectivity index (χ1) is 10.7. The van der Waals surface area contributed by atoms with Crippen LogP contribution in [0.25, 0.3) is 0 Å². The van der Waals surface area contributed by atoms with Gasteiger partial charge in [0, 0.05) is 12.1 Å². The maximum Gasteiger partial charge on any atom is 0.258 e. The Morgan fingerprint density at radius 1 is 1.32 bits per heavy atom. The summed E-state index contributed by atoms with van der Waals surface area (Å²) in [4.78, 5) is 23.0. The maximum absolute atomic E-state index is 11.7. The van der Waals surface area contributed by atoms with Crippen LogP contribution >= 0.6 is 0 Å². The molecule has 0 fully saturated rings. The summed E-state index contributed by atoms with van der Waals surface area (Å²) in [5.41, 5.74) is 1.83. The van der Waals surface area contributed by atoms with Crippen LogP contribution in [0.5, 0.6) is 5.75 Å². The number of fused-ring (bicyclic) bond motifs is 1. The highest BCUT2D eigenvalue weighted by atomic mass is 16.5. The minimum absolute atomic E-state index is 0.0264. The van der Waals surface area contributed by atoms with Crippen LogP contribution in [0.3, 0.4) is 0 Å². The smallest absolute Gasteiger partial charge is 0.258 e. The maximum atomic E-state index is 11.7. The van der Waals surface area contributed by atoms with Gasteiger partial charge in [0.25, 0.3) is 5.91 Å². The lowest BCUT2D eigenvalue weighted by Gasteiger charge is -2.17. The van der Waals surface area contributed by atoms with Gasteiger partial charge in [-0.05, 0) is 42.3 Å². The molecule has 6 heteroatoms. The molecule has 1 aromatic carbocycles. The summed E-state index contributed by atoms with van der Waals surface area (Å²) in [6.45, 7) is 0.275. The number of rotatable bonds is 5. The second-order valence-corrected chi connectivity index (χ2v) is 5.01. The minimum Gasteiger partial charge on any atom is -0.484 e. The molecule has 0 bridgehead atoms. The van der Waals surface area contributed by atoms with Gasteiger partial charge in [-0.25, -0.2) is 0 Å². The van der Waals surface area contributed by atoms with Crippen LogP contribution in [0.4, 0.5) is 5.69 Å². The third-order valence-electron chi connectivity index (χ3n) is 3.38. The quantitative estimate of drug-likeness (QED) is 0.883.